The second-order valence-electron chi connectivity index (χ2n) is 6.09. The summed E-state index contributed by atoms with van der Waals surface area (Å²) in [6.07, 6.45) is 8.09. The molecule has 1 aromatic carbocycles. The summed E-state index contributed by atoms with van der Waals surface area (Å²) in [4.78, 5) is 0. The molecule has 0 bridgehead atoms. The molecule has 86 valence electrons. The van der Waals surface area contributed by atoms with E-state index >= 15 is 0 Å². The molecule has 2 fully saturated rings. The van der Waals surface area contributed by atoms with Crippen LogP contribution in [0.2, 0.25) is 0 Å². The lowest BCUT2D eigenvalue weighted by Gasteiger charge is -2.53. The van der Waals surface area contributed by atoms with E-state index in [-0.39, 0.29) is 5.54 Å². The first-order valence-electron chi connectivity index (χ1n) is 6.48. The first-order chi connectivity index (χ1) is 7.62. The van der Waals surface area contributed by atoms with Gasteiger partial charge in [0.25, 0.3) is 0 Å². The molecule has 0 saturated heterocycles. The smallest absolute Gasteiger partial charge is 0.0420 e. The first-order valence-corrected chi connectivity index (χ1v) is 6.48. The molecule has 0 atom stereocenters. The van der Waals surface area contributed by atoms with Crippen LogP contribution in [-0.2, 0) is 5.54 Å². The summed E-state index contributed by atoms with van der Waals surface area (Å²) in [5, 5.41) is 0. The van der Waals surface area contributed by atoms with Gasteiger partial charge in [-0.3, -0.25) is 0 Å². The van der Waals surface area contributed by atoms with Crippen LogP contribution < -0.4 is 5.73 Å². The van der Waals surface area contributed by atoms with E-state index in [9.17, 15) is 0 Å². The lowest BCUT2D eigenvalue weighted by molar-refractivity contribution is 0.0312. The third-order valence-electron chi connectivity index (χ3n) is 4.64. The van der Waals surface area contributed by atoms with Crippen LogP contribution in [0.3, 0.4) is 0 Å². The number of rotatable bonds is 1. The zero-order valence-electron chi connectivity index (χ0n) is 10.1. The zero-order valence-corrected chi connectivity index (χ0v) is 10.1. The molecule has 2 saturated carbocycles. The van der Waals surface area contributed by atoms with Gasteiger partial charge in [0.05, 0.1) is 0 Å². The number of benzene rings is 1. The van der Waals surface area contributed by atoms with E-state index in [0.717, 1.165) is 0 Å². The normalized spacial score (nSPS) is 25.6. The minimum absolute atomic E-state index is 0.0175. The maximum Gasteiger partial charge on any atom is 0.0420 e. The molecule has 0 heterocycles. The van der Waals surface area contributed by atoms with Gasteiger partial charge in [0.2, 0.25) is 0 Å². The Morgan fingerprint density at radius 3 is 2.44 bits per heavy atom. The fourth-order valence-corrected chi connectivity index (χ4v) is 3.92. The number of nitrogens with two attached hydrogens (primary N) is 1. The van der Waals surface area contributed by atoms with E-state index in [1.165, 1.54) is 49.7 Å². The molecule has 0 radical (unpaired) electrons. The first kappa shape index (κ1) is 10.3. The molecule has 2 aliphatic carbocycles. The number of aryl methyl sites for hydroxylation is 1. The number of hydrogen-bond acceptors (Lipinski definition) is 1. The maximum atomic E-state index is 6.55. The summed E-state index contributed by atoms with van der Waals surface area (Å²) in [7, 11) is 0. The summed E-state index contributed by atoms with van der Waals surface area (Å²) in [6, 6.07) is 8.76. The van der Waals surface area contributed by atoms with Crippen LogP contribution in [-0.4, -0.2) is 0 Å². The van der Waals surface area contributed by atoms with Crippen molar-refractivity contribution < 1.29 is 0 Å². The molecule has 0 aliphatic heterocycles. The van der Waals surface area contributed by atoms with E-state index in [0.29, 0.717) is 5.41 Å². The Morgan fingerprint density at radius 1 is 1.12 bits per heavy atom. The molecule has 0 unspecified atom stereocenters. The van der Waals surface area contributed by atoms with E-state index in [1.54, 1.807) is 0 Å². The lowest BCUT2D eigenvalue weighted by atomic mass is 9.54. The van der Waals surface area contributed by atoms with E-state index in [4.69, 9.17) is 5.73 Å². The van der Waals surface area contributed by atoms with E-state index in [2.05, 4.69) is 31.2 Å². The van der Waals surface area contributed by atoms with Crippen molar-refractivity contribution in [1.82, 2.24) is 0 Å². The topological polar surface area (TPSA) is 26.0 Å². The van der Waals surface area contributed by atoms with Crippen LogP contribution in [0, 0.1) is 12.3 Å². The predicted molar refractivity (Wildman–Crippen MR) is 67.2 cm³/mol. The highest BCUT2D eigenvalue weighted by Gasteiger charge is 2.53. The Balaban J connectivity index is 1.81. The van der Waals surface area contributed by atoms with Gasteiger partial charge in [-0.1, -0.05) is 42.7 Å². The Bertz CT molecular complexity index is 394. The van der Waals surface area contributed by atoms with Crippen molar-refractivity contribution in [3.05, 3.63) is 35.4 Å². The summed E-state index contributed by atoms with van der Waals surface area (Å²) in [6.45, 7) is 2.15. The van der Waals surface area contributed by atoms with Gasteiger partial charge >= 0.3 is 0 Å². The third kappa shape index (κ3) is 1.49. The molecule has 3 rings (SSSR count). The average molecular weight is 215 g/mol. The van der Waals surface area contributed by atoms with Gasteiger partial charge in [0, 0.05) is 5.54 Å². The van der Waals surface area contributed by atoms with Crippen LogP contribution >= 0.6 is 0 Å². The fraction of sp³-hybridized carbons (Fsp3) is 0.600. The monoisotopic (exact) mass is 215 g/mol. The summed E-state index contributed by atoms with van der Waals surface area (Å²) in [5.74, 6) is 0. The van der Waals surface area contributed by atoms with Crippen molar-refractivity contribution >= 4 is 0 Å². The van der Waals surface area contributed by atoms with Crippen molar-refractivity contribution in [1.29, 1.82) is 0 Å². The minimum Gasteiger partial charge on any atom is -0.321 e. The average Bonchev–Trinajstić information content (AvgIpc) is 2.66. The van der Waals surface area contributed by atoms with Gasteiger partial charge in [0.1, 0.15) is 0 Å². The van der Waals surface area contributed by atoms with Crippen molar-refractivity contribution in [3.63, 3.8) is 0 Å². The highest BCUT2D eigenvalue weighted by Crippen LogP contribution is 2.60. The Hall–Kier alpha value is -0.820. The van der Waals surface area contributed by atoms with Gasteiger partial charge in [-0.2, -0.15) is 0 Å². The van der Waals surface area contributed by atoms with Crippen molar-refractivity contribution in [2.24, 2.45) is 11.1 Å². The summed E-state index contributed by atoms with van der Waals surface area (Å²) in [5.41, 5.74) is 9.83. The van der Waals surface area contributed by atoms with Gasteiger partial charge < -0.3 is 5.73 Å². The fourth-order valence-electron chi connectivity index (χ4n) is 3.92. The lowest BCUT2D eigenvalue weighted by Crippen LogP contribution is -2.54. The molecule has 1 spiro atoms. The molecule has 2 aliphatic rings. The van der Waals surface area contributed by atoms with Crippen molar-refractivity contribution in [3.8, 4) is 0 Å². The molecule has 16 heavy (non-hydrogen) atoms. The van der Waals surface area contributed by atoms with Crippen LogP contribution in [0.25, 0.3) is 0 Å². The largest absolute Gasteiger partial charge is 0.321 e. The van der Waals surface area contributed by atoms with E-state index < -0.39 is 0 Å². The third-order valence-corrected chi connectivity index (χ3v) is 4.64. The highest BCUT2D eigenvalue weighted by atomic mass is 14.8. The molecule has 1 nitrogen and oxygen atoms in total. The Morgan fingerprint density at radius 2 is 1.81 bits per heavy atom. The Labute approximate surface area is 98.0 Å². The predicted octanol–water partition coefficient (Wildman–Crippen LogP) is 3.50. The molecule has 0 aromatic heterocycles. The molecular formula is C15H21N. The van der Waals surface area contributed by atoms with Crippen molar-refractivity contribution in [2.75, 3.05) is 0 Å². The van der Waals surface area contributed by atoms with Crippen LogP contribution in [0.4, 0.5) is 0 Å². The van der Waals surface area contributed by atoms with Crippen LogP contribution in [0.15, 0.2) is 24.3 Å². The van der Waals surface area contributed by atoms with Crippen molar-refractivity contribution in [2.45, 2.75) is 51.0 Å². The minimum atomic E-state index is -0.0175. The second kappa shape index (κ2) is 3.33. The highest BCUT2D eigenvalue weighted by molar-refractivity contribution is 5.32. The second-order valence-corrected chi connectivity index (χ2v) is 6.09. The Kier molecular flexibility index (Phi) is 2.16. The van der Waals surface area contributed by atoms with Crippen LogP contribution in [0.1, 0.15) is 49.7 Å². The number of hydrogen-bond donors (Lipinski definition) is 1. The summed E-state index contributed by atoms with van der Waals surface area (Å²) >= 11 is 0. The van der Waals surface area contributed by atoms with Gasteiger partial charge in [-0.25, -0.2) is 0 Å². The molecule has 2 N–H and O–H groups in total. The molecular weight excluding hydrogens is 194 g/mol. The molecule has 0 amide bonds. The van der Waals surface area contributed by atoms with Gasteiger partial charge in [-0.15, -0.1) is 0 Å². The molecule has 1 heteroatoms. The van der Waals surface area contributed by atoms with E-state index in [1.807, 2.05) is 0 Å². The van der Waals surface area contributed by atoms with Crippen LogP contribution in [0.5, 0.6) is 0 Å². The zero-order chi connectivity index (χ0) is 11.2. The van der Waals surface area contributed by atoms with Gasteiger partial charge in [-0.05, 0) is 43.6 Å². The standard InChI is InChI=1S/C15H21N/c1-12-5-4-6-13(9-12)15(16)10-14(11-15)7-2-3-8-14/h4-6,9H,2-3,7-8,10-11,16H2,1H3. The quantitative estimate of drug-likeness (QED) is 0.762. The van der Waals surface area contributed by atoms with Gasteiger partial charge in [0.15, 0.2) is 0 Å². The summed E-state index contributed by atoms with van der Waals surface area (Å²) < 4.78 is 0. The SMILES string of the molecule is Cc1cccc(C2(N)CC3(CCCC3)C2)c1. The molecule has 1 aromatic rings. The maximum absolute atomic E-state index is 6.55.